The number of thioether (sulfide) groups is 1. The van der Waals surface area contributed by atoms with E-state index < -0.39 is 12.0 Å². The van der Waals surface area contributed by atoms with Crippen molar-refractivity contribution in [3.8, 4) is 0 Å². The summed E-state index contributed by atoms with van der Waals surface area (Å²) < 4.78 is 5.43. The van der Waals surface area contributed by atoms with Gasteiger partial charge in [0.25, 0.3) is 0 Å². The molecular formula is C10H12BrN3O3S. The van der Waals surface area contributed by atoms with E-state index in [2.05, 4.69) is 31.2 Å². The monoisotopic (exact) mass is 333 g/mol. The van der Waals surface area contributed by atoms with Gasteiger partial charge in [0.15, 0.2) is 11.2 Å². The molecule has 0 aliphatic rings. The van der Waals surface area contributed by atoms with Crippen molar-refractivity contribution in [2.45, 2.75) is 18.1 Å². The molecule has 0 saturated heterocycles. The molecule has 1 N–H and O–H groups in total. The number of halogens is 1. The van der Waals surface area contributed by atoms with Crippen LogP contribution < -0.4 is 5.32 Å². The number of aromatic nitrogens is 2. The molecule has 18 heavy (non-hydrogen) atoms. The molecule has 1 rings (SSSR count). The Balaban J connectivity index is 3.11. The lowest BCUT2D eigenvalue weighted by Crippen LogP contribution is -2.30. The van der Waals surface area contributed by atoms with Crippen LogP contribution in [0.3, 0.4) is 0 Å². The molecule has 0 fully saturated rings. The molecule has 0 aromatic carbocycles. The van der Waals surface area contributed by atoms with Gasteiger partial charge in [0.1, 0.15) is 0 Å². The SMILES string of the molecule is CCOC(=O)C(NC=O)c1nc(SC)ncc1Br. The molecule has 0 aliphatic heterocycles. The van der Waals surface area contributed by atoms with Gasteiger partial charge >= 0.3 is 5.97 Å². The zero-order chi connectivity index (χ0) is 13.5. The fourth-order valence-corrected chi connectivity index (χ4v) is 1.98. The third kappa shape index (κ3) is 3.67. The van der Waals surface area contributed by atoms with Crippen LogP contribution in [0.1, 0.15) is 18.7 Å². The number of carbonyl (C=O) groups excluding carboxylic acids is 2. The minimum atomic E-state index is -0.939. The number of rotatable bonds is 6. The molecule has 1 amide bonds. The maximum atomic E-state index is 11.8. The normalized spacial score (nSPS) is 11.7. The molecule has 6 nitrogen and oxygen atoms in total. The van der Waals surface area contributed by atoms with E-state index in [-0.39, 0.29) is 6.61 Å². The van der Waals surface area contributed by atoms with Gasteiger partial charge < -0.3 is 10.1 Å². The Hall–Kier alpha value is -1.15. The second-order valence-corrected chi connectivity index (χ2v) is 4.69. The molecular weight excluding hydrogens is 322 g/mol. The third-order valence-electron chi connectivity index (χ3n) is 1.96. The molecule has 0 saturated carbocycles. The minimum Gasteiger partial charge on any atom is -0.464 e. The van der Waals surface area contributed by atoms with Gasteiger partial charge in [-0.05, 0) is 29.1 Å². The fourth-order valence-electron chi connectivity index (χ4n) is 1.22. The average Bonchev–Trinajstić information content (AvgIpc) is 2.37. The molecule has 0 bridgehead atoms. The zero-order valence-electron chi connectivity index (χ0n) is 9.84. The van der Waals surface area contributed by atoms with E-state index in [1.807, 2.05) is 6.26 Å². The second kappa shape index (κ2) is 7.32. The highest BCUT2D eigenvalue weighted by Gasteiger charge is 2.25. The van der Waals surface area contributed by atoms with Crippen LogP contribution in [0.4, 0.5) is 0 Å². The summed E-state index contributed by atoms with van der Waals surface area (Å²) in [6.07, 6.45) is 3.79. The van der Waals surface area contributed by atoms with Crippen LogP contribution in [0, 0.1) is 0 Å². The van der Waals surface area contributed by atoms with Crippen LogP contribution in [0.2, 0.25) is 0 Å². The highest BCUT2D eigenvalue weighted by atomic mass is 79.9. The molecule has 8 heteroatoms. The van der Waals surface area contributed by atoms with Gasteiger partial charge in [-0.2, -0.15) is 0 Å². The molecule has 1 heterocycles. The van der Waals surface area contributed by atoms with E-state index in [1.165, 1.54) is 18.0 Å². The topological polar surface area (TPSA) is 81.2 Å². The van der Waals surface area contributed by atoms with Crippen molar-refractivity contribution in [3.63, 3.8) is 0 Å². The maximum Gasteiger partial charge on any atom is 0.335 e. The number of nitrogens with one attached hydrogen (secondary N) is 1. The van der Waals surface area contributed by atoms with Crippen LogP contribution in [-0.2, 0) is 14.3 Å². The van der Waals surface area contributed by atoms with E-state index in [4.69, 9.17) is 4.74 Å². The summed E-state index contributed by atoms with van der Waals surface area (Å²) in [5.41, 5.74) is 0.375. The van der Waals surface area contributed by atoms with Crippen molar-refractivity contribution >= 4 is 40.1 Å². The first-order chi connectivity index (χ1) is 8.63. The number of carbonyl (C=O) groups is 2. The smallest absolute Gasteiger partial charge is 0.335 e. The Morgan fingerprint density at radius 2 is 2.44 bits per heavy atom. The first-order valence-corrected chi connectivity index (χ1v) is 7.08. The minimum absolute atomic E-state index is 0.230. The summed E-state index contributed by atoms with van der Waals surface area (Å²) in [5.74, 6) is -0.559. The molecule has 1 aromatic heterocycles. The van der Waals surface area contributed by atoms with E-state index in [9.17, 15) is 9.59 Å². The van der Waals surface area contributed by atoms with E-state index in [1.54, 1.807) is 6.92 Å². The van der Waals surface area contributed by atoms with Crippen molar-refractivity contribution in [2.75, 3.05) is 12.9 Å². The van der Waals surface area contributed by atoms with Gasteiger partial charge in [0.05, 0.1) is 16.8 Å². The number of ether oxygens (including phenoxy) is 1. The van der Waals surface area contributed by atoms with Gasteiger partial charge in [-0.15, -0.1) is 0 Å². The van der Waals surface area contributed by atoms with Crippen molar-refractivity contribution in [2.24, 2.45) is 0 Å². The molecule has 1 aromatic rings. The summed E-state index contributed by atoms with van der Waals surface area (Å²) >= 11 is 4.59. The molecule has 98 valence electrons. The number of nitrogens with zero attached hydrogens (tertiary/aromatic N) is 2. The van der Waals surface area contributed by atoms with Crippen molar-refractivity contribution in [1.82, 2.24) is 15.3 Å². The van der Waals surface area contributed by atoms with Crippen LogP contribution in [0.5, 0.6) is 0 Å². The van der Waals surface area contributed by atoms with E-state index >= 15 is 0 Å². The van der Waals surface area contributed by atoms with Crippen LogP contribution >= 0.6 is 27.7 Å². The average molecular weight is 334 g/mol. The number of amides is 1. The summed E-state index contributed by atoms with van der Waals surface area (Å²) in [6.45, 7) is 1.92. The van der Waals surface area contributed by atoms with Gasteiger partial charge in [0, 0.05) is 6.20 Å². The van der Waals surface area contributed by atoms with Crippen molar-refractivity contribution in [3.05, 3.63) is 16.4 Å². The highest BCUT2D eigenvalue weighted by Crippen LogP contribution is 2.23. The van der Waals surface area contributed by atoms with Crippen molar-refractivity contribution in [1.29, 1.82) is 0 Å². The second-order valence-electron chi connectivity index (χ2n) is 3.06. The summed E-state index contributed by atoms with van der Waals surface area (Å²) in [5, 5.41) is 2.90. The first kappa shape index (κ1) is 14.9. The number of hydrogen-bond acceptors (Lipinski definition) is 6. The first-order valence-electron chi connectivity index (χ1n) is 5.06. The van der Waals surface area contributed by atoms with Gasteiger partial charge in [-0.1, -0.05) is 11.8 Å². The lowest BCUT2D eigenvalue weighted by Gasteiger charge is -2.15. The maximum absolute atomic E-state index is 11.8. The Morgan fingerprint density at radius 1 is 1.72 bits per heavy atom. The summed E-state index contributed by atoms with van der Waals surface area (Å²) in [7, 11) is 0. The van der Waals surface area contributed by atoms with Crippen LogP contribution in [-0.4, -0.2) is 35.2 Å². The van der Waals surface area contributed by atoms with Crippen LogP contribution in [0.15, 0.2) is 15.8 Å². The predicted octanol–water partition coefficient (Wildman–Crippen LogP) is 1.31. The van der Waals surface area contributed by atoms with E-state index in [0.29, 0.717) is 21.7 Å². The summed E-state index contributed by atoms with van der Waals surface area (Å²) in [6, 6.07) is -0.939. The molecule has 1 unspecified atom stereocenters. The van der Waals surface area contributed by atoms with Crippen LogP contribution in [0.25, 0.3) is 0 Å². The molecule has 1 atom stereocenters. The highest BCUT2D eigenvalue weighted by molar-refractivity contribution is 9.10. The largest absolute Gasteiger partial charge is 0.464 e. The quantitative estimate of drug-likeness (QED) is 0.366. The molecule has 0 radical (unpaired) electrons. The van der Waals surface area contributed by atoms with Gasteiger partial charge in [-0.3, -0.25) is 4.79 Å². The Labute approximate surface area is 117 Å². The number of hydrogen-bond donors (Lipinski definition) is 1. The standard InChI is InChI=1S/C10H12BrN3O3S/c1-3-17-9(16)8(13-5-15)7-6(11)4-12-10(14-7)18-2/h4-5,8H,3H2,1-2H3,(H,13,15). The predicted molar refractivity (Wildman–Crippen MR) is 70.1 cm³/mol. The summed E-state index contributed by atoms with van der Waals surface area (Å²) in [4.78, 5) is 30.6. The van der Waals surface area contributed by atoms with Gasteiger partial charge in [0.2, 0.25) is 6.41 Å². The fraction of sp³-hybridized carbons (Fsp3) is 0.400. The zero-order valence-corrected chi connectivity index (χ0v) is 12.2. The van der Waals surface area contributed by atoms with Gasteiger partial charge in [-0.25, -0.2) is 14.8 Å². The number of esters is 1. The Kier molecular flexibility index (Phi) is 6.06. The van der Waals surface area contributed by atoms with E-state index in [0.717, 1.165) is 0 Å². The Bertz CT molecular complexity index is 444. The molecule has 0 spiro atoms. The lowest BCUT2D eigenvalue weighted by atomic mass is 10.2. The Morgan fingerprint density at radius 3 is 3.00 bits per heavy atom. The third-order valence-corrected chi connectivity index (χ3v) is 3.13. The molecule has 0 aliphatic carbocycles. The lowest BCUT2D eigenvalue weighted by molar-refractivity contribution is -0.146. The van der Waals surface area contributed by atoms with Crippen molar-refractivity contribution < 1.29 is 14.3 Å².